The summed E-state index contributed by atoms with van der Waals surface area (Å²) in [7, 11) is 1.60. The quantitative estimate of drug-likeness (QED) is 0.857. The number of benzene rings is 2. The van der Waals surface area contributed by atoms with E-state index in [9.17, 15) is 9.18 Å². The minimum absolute atomic E-state index is 0.195. The molecule has 0 bridgehead atoms. The minimum atomic E-state index is -0.441. The highest BCUT2D eigenvalue weighted by Crippen LogP contribution is 2.25. The molecule has 0 aliphatic carbocycles. The molecule has 0 fully saturated rings. The summed E-state index contributed by atoms with van der Waals surface area (Å²) in [6.45, 7) is 2.41. The normalized spacial score (nSPS) is 10.1. The number of para-hydroxylation sites is 1. The van der Waals surface area contributed by atoms with Gasteiger partial charge in [0.1, 0.15) is 11.6 Å². The zero-order valence-corrected chi connectivity index (χ0v) is 12.7. The lowest BCUT2D eigenvalue weighted by molar-refractivity contribution is -0.116. The third-order valence-corrected chi connectivity index (χ3v) is 3.17. The fourth-order valence-electron chi connectivity index (χ4n) is 2.05. The van der Waals surface area contributed by atoms with Crippen LogP contribution in [0.5, 0.6) is 5.75 Å². The molecule has 1 amide bonds. The van der Waals surface area contributed by atoms with Crippen molar-refractivity contribution < 1.29 is 13.9 Å². The Balaban J connectivity index is 1.87. The van der Waals surface area contributed by atoms with Gasteiger partial charge in [-0.1, -0.05) is 18.2 Å². The number of rotatable bonds is 6. The number of carbonyl (C=O) groups excluding carboxylic acids is 1. The number of methoxy groups -OCH3 is 1. The average molecular weight is 302 g/mol. The number of amides is 1. The molecule has 22 heavy (non-hydrogen) atoms. The molecule has 0 radical (unpaired) electrons. The number of aryl methyl sites for hydroxylation is 1. The molecular weight excluding hydrogens is 283 g/mol. The average Bonchev–Trinajstić information content (AvgIpc) is 2.50. The third kappa shape index (κ3) is 4.22. The van der Waals surface area contributed by atoms with Crippen LogP contribution in [0.3, 0.4) is 0 Å². The maximum atomic E-state index is 13.4. The van der Waals surface area contributed by atoms with E-state index in [1.807, 2.05) is 25.1 Å². The van der Waals surface area contributed by atoms with Gasteiger partial charge in [-0.05, 0) is 36.8 Å². The SMILES string of the molecule is COc1ccc(C)cc1NCCC(=O)Nc1ccccc1F. The zero-order chi connectivity index (χ0) is 15.9. The van der Waals surface area contributed by atoms with Gasteiger partial charge in [0.05, 0.1) is 18.5 Å². The van der Waals surface area contributed by atoms with Gasteiger partial charge in [0, 0.05) is 13.0 Å². The van der Waals surface area contributed by atoms with Crippen molar-refractivity contribution in [3.8, 4) is 5.75 Å². The lowest BCUT2D eigenvalue weighted by Gasteiger charge is -2.12. The standard InChI is InChI=1S/C17H19FN2O2/c1-12-7-8-16(22-2)15(11-12)19-10-9-17(21)20-14-6-4-3-5-13(14)18/h3-8,11,19H,9-10H2,1-2H3,(H,20,21). The number of nitrogens with one attached hydrogen (secondary N) is 2. The summed E-state index contributed by atoms with van der Waals surface area (Å²) >= 11 is 0. The largest absolute Gasteiger partial charge is 0.495 e. The molecule has 2 N–H and O–H groups in total. The number of halogens is 1. The summed E-state index contributed by atoms with van der Waals surface area (Å²) < 4.78 is 18.7. The van der Waals surface area contributed by atoms with Crippen molar-refractivity contribution in [2.75, 3.05) is 24.3 Å². The maximum absolute atomic E-state index is 13.4. The van der Waals surface area contributed by atoms with Gasteiger partial charge < -0.3 is 15.4 Å². The molecule has 0 heterocycles. The summed E-state index contributed by atoms with van der Waals surface area (Å²) in [5, 5.41) is 5.71. The molecule has 4 nitrogen and oxygen atoms in total. The van der Waals surface area contributed by atoms with Gasteiger partial charge in [-0.15, -0.1) is 0 Å². The molecule has 2 aromatic carbocycles. The first-order chi connectivity index (χ1) is 10.6. The van der Waals surface area contributed by atoms with Crippen molar-refractivity contribution in [2.24, 2.45) is 0 Å². The monoisotopic (exact) mass is 302 g/mol. The molecule has 0 saturated carbocycles. The van der Waals surface area contributed by atoms with E-state index in [0.717, 1.165) is 17.0 Å². The van der Waals surface area contributed by atoms with Gasteiger partial charge in [0.15, 0.2) is 0 Å². The van der Waals surface area contributed by atoms with E-state index in [4.69, 9.17) is 4.74 Å². The van der Waals surface area contributed by atoms with Crippen LogP contribution in [0.15, 0.2) is 42.5 Å². The van der Waals surface area contributed by atoms with Crippen LogP contribution in [0.1, 0.15) is 12.0 Å². The van der Waals surface area contributed by atoms with Crippen molar-refractivity contribution in [2.45, 2.75) is 13.3 Å². The van der Waals surface area contributed by atoms with Crippen molar-refractivity contribution >= 4 is 17.3 Å². The Morgan fingerprint density at radius 2 is 1.95 bits per heavy atom. The predicted octanol–water partition coefficient (Wildman–Crippen LogP) is 3.58. The molecule has 0 atom stereocenters. The fraction of sp³-hybridized carbons (Fsp3) is 0.235. The van der Waals surface area contributed by atoms with Crippen molar-refractivity contribution in [3.05, 3.63) is 53.8 Å². The maximum Gasteiger partial charge on any atom is 0.226 e. The van der Waals surface area contributed by atoms with Gasteiger partial charge in [0.2, 0.25) is 5.91 Å². The number of hydrogen-bond acceptors (Lipinski definition) is 3. The van der Waals surface area contributed by atoms with E-state index in [1.165, 1.54) is 12.1 Å². The second kappa shape index (κ2) is 7.45. The summed E-state index contributed by atoms with van der Waals surface area (Å²) in [5.41, 5.74) is 2.13. The number of carbonyl (C=O) groups is 1. The first-order valence-corrected chi connectivity index (χ1v) is 7.03. The predicted molar refractivity (Wildman–Crippen MR) is 85.9 cm³/mol. The van der Waals surface area contributed by atoms with Gasteiger partial charge in [-0.25, -0.2) is 4.39 Å². The molecule has 0 saturated heterocycles. The molecular formula is C17H19FN2O2. The zero-order valence-electron chi connectivity index (χ0n) is 12.7. The van der Waals surface area contributed by atoms with Crippen LogP contribution >= 0.6 is 0 Å². The highest BCUT2D eigenvalue weighted by atomic mass is 19.1. The summed E-state index contributed by atoms with van der Waals surface area (Å²) in [5.74, 6) is 0.0356. The number of anilines is 2. The van der Waals surface area contributed by atoms with Crippen LogP contribution < -0.4 is 15.4 Å². The van der Waals surface area contributed by atoms with Gasteiger partial charge in [-0.2, -0.15) is 0 Å². The lowest BCUT2D eigenvalue weighted by Crippen LogP contribution is -2.17. The smallest absolute Gasteiger partial charge is 0.226 e. The lowest BCUT2D eigenvalue weighted by atomic mass is 10.2. The van der Waals surface area contributed by atoms with Crippen molar-refractivity contribution in [1.29, 1.82) is 0 Å². The first-order valence-electron chi connectivity index (χ1n) is 7.03. The Labute approximate surface area is 129 Å². The molecule has 116 valence electrons. The van der Waals surface area contributed by atoms with Gasteiger partial charge in [-0.3, -0.25) is 4.79 Å². The van der Waals surface area contributed by atoms with E-state index >= 15 is 0 Å². The minimum Gasteiger partial charge on any atom is -0.495 e. The second-order valence-corrected chi connectivity index (χ2v) is 4.91. The topological polar surface area (TPSA) is 50.4 Å². The summed E-state index contributed by atoms with van der Waals surface area (Å²) in [4.78, 5) is 11.8. The fourth-order valence-corrected chi connectivity index (χ4v) is 2.05. The molecule has 0 unspecified atom stereocenters. The van der Waals surface area contributed by atoms with E-state index in [2.05, 4.69) is 10.6 Å². The molecule has 0 aliphatic rings. The molecule has 5 heteroatoms. The van der Waals surface area contributed by atoms with Crippen LogP contribution in [-0.4, -0.2) is 19.6 Å². The van der Waals surface area contributed by atoms with E-state index in [1.54, 1.807) is 19.2 Å². The van der Waals surface area contributed by atoms with Crippen molar-refractivity contribution in [3.63, 3.8) is 0 Å². The van der Waals surface area contributed by atoms with E-state index < -0.39 is 5.82 Å². The van der Waals surface area contributed by atoms with Gasteiger partial charge >= 0.3 is 0 Å². The van der Waals surface area contributed by atoms with Crippen LogP contribution in [0.2, 0.25) is 0 Å². The van der Waals surface area contributed by atoms with Crippen molar-refractivity contribution in [1.82, 2.24) is 0 Å². The van der Waals surface area contributed by atoms with Crippen LogP contribution in [0.25, 0.3) is 0 Å². The second-order valence-electron chi connectivity index (χ2n) is 4.91. The Hall–Kier alpha value is -2.56. The Kier molecular flexibility index (Phi) is 5.36. The highest BCUT2D eigenvalue weighted by Gasteiger charge is 2.07. The Morgan fingerprint density at radius 1 is 1.18 bits per heavy atom. The van der Waals surface area contributed by atoms with E-state index in [0.29, 0.717) is 6.54 Å². The molecule has 2 aromatic rings. The Morgan fingerprint density at radius 3 is 2.68 bits per heavy atom. The van der Waals surface area contributed by atoms with Crippen LogP contribution in [-0.2, 0) is 4.79 Å². The first kappa shape index (κ1) is 15.8. The van der Waals surface area contributed by atoms with Crippen LogP contribution in [0.4, 0.5) is 15.8 Å². The molecule has 0 aromatic heterocycles. The van der Waals surface area contributed by atoms with E-state index in [-0.39, 0.29) is 18.0 Å². The number of ether oxygens (including phenoxy) is 1. The summed E-state index contributed by atoms with van der Waals surface area (Å²) in [6.07, 6.45) is 0.228. The molecule has 0 aliphatic heterocycles. The number of hydrogen-bond donors (Lipinski definition) is 2. The highest BCUT2D eigenvalue weighted by molar-refractivity contribution is 5.91. The van der Waals surface area contributed by atoms with Crippen LogP contribution in [0, 0.1) is 12.7 Å². The molecule has 0 spiro atoms. The summed E-state index contributed by atoms with van der Waals surface area (Å²) in [6, 6.07) is 11.9. The third-order valence-electron chi connectivity index (χ3n) is 3.17. The molecule has 2 rings (SSSR count). The van der Waals surface area contributed by atoms with Gasteiger partial charge in [0.25, 0.3) is 0 Å². The Bertz CT molecular complexity index is 659.